The monoisotopic (exact) mass is 456 g/mol. The SMILES string of the molecule is C#CCN(CC(=O)O)C(=O)C(CC(F)F)NC(=O)OCC1c2ccccc2-c2ccccc21. The fourth-order valence-corrected chi connectivity index (χ4v) is 3.89. The number of terminal acetylenes is 1. The highest BCUT2D eigenvalue weighted by Crippen LogP contribution is 2.44. The van der Waals surface area contributed by atoms with Crippen LogP contribution in [0.4, 0.5) is 13.6 Å². The van der Waals surface area contributed by atoms with Crippen molar-refractivity contribution in [2.75, 3.05) is 19.7 Å². The number of carboxylic acid groups (broad SMARTS) is 1. The Morgan fingerprint density at radius 2 is 1.67 bits per heavy atom. The average Bonchev–Trinajstić information content (AvgIpc) is 3.09. The summed E-state index contributed by atoms with van der Waals surface area (Å²) < 4.78 is 31.4. The second kappa shape index (κ2) is 10.6. The van der Waals surface area contributed by atoms with Crippen molar-refractivity contribution in [3.8, 4) is 23.5 Å². The number of hydrogen-bond acceptors (Lipinski definition) is 4. The van der Waals surface area contributed by atoms with Gasteiger partial charge in [-0.2, -0.15) is 0 Å². The molecule has 172 valence electrons. The number of benzene rings is 2. The third-order valence-electron chi connectivity index (χ3n) is 5.27. The molecule has 0 aromatic heterocycles. The highest BCUT2D eigenvalue weighted by Gasteiger charge is 2.32. The number of amides is 2. The molecule has 2 aromatic rings. The Kier molecular flexibility index (Phi) is 7.61. The van der Waals surface area contributed by atoms with E-state index in [0.29, 0.717) is 4.90 Å². The van der Waals surface area contributed by atoms with Gasteiger partial charge in [0.25, 0.3) is 0 Å². The van der Waals surface area contributed by atoms with Crippen molar-refractivity contribution < 1.29 is 33.0 Å². The number of hydrogen-bond donors (Lipinski definition) is 2. The first-order valence-electron chi connectivity index (χ1n) is 10.2. The number of fused-ring (bicyclic) bond motifs is 3. The molecular formula is C24H22F2N2O5. The maximum Gasteiger partial charge on any atom is 0.407 e. The van der Waals surface area contributed by atoms with Crippen LogP contribution in [0.2, 0.25) is 0 Å². The van der Waals surface area contributed by atoms with Crippen LogP contribution in [0.25, 0.3) is 11.1 Å². The largest absolute Gasteiger partial charge is 0.480 e. The minimum atomic E-state index is -2.93. The summed E-state index contributed by atoms with van der Waals surface area (Å²) in [6.07, 6.45) is 0.145. The van der Waals surface area contributed by atoms with Gasteiger partial charge in [0.05, 0.1) is 6.54 Å². The second-order valence-electron chi connectivity index (χ2n) is 7.44. The van der Waals surface area contributed by atoms with Crippen molar-refractivity contribution in [2.24, 2.45) is 0 Å². The maximum atomic E-state index is 13.1. The van der Waals surface area contributed by atoms with Crippen LogP contribution in [0, 0.1) is 12.3 Å². The first kappa shape index (κ1) is 23.7. The molecule has 1 atom stereocenters. The summed E-state index contributed by atoms with van der Waals surface area (Å²) in [7, 11) is 0. The number of alkyl carbamates (subject to hydrolysis) is 1. The van der Waals surface area contributed by atoms with E-state index in [-0.39, 0.29) is 12.5 Å². The summed E-state index contributed by atoms with van der Waals surface area (Å²) in [6.45, 7) is -1.26. The van der Waals surface area contributed by atoms with E-state index in [0.717, 1.165) is 22.3 Å². The van der Waals surface area contributed by atoms with Crippen molar-refractivity contribution in [2.45, 2.75) is 24.8 Å². The smallest absolute Gasteiger partial charge is 0.407 e. The molecule has 1 unspecified atom stereocenters. The number of rotatable bonds is 9. The zero-order valence-corrected chi connectivity index (χ0v) is 17.5. The van der Waals surface area contributed by atoms with Gasteiger partial charge in [-0.15, -0.1) is 6.42 Å². The lowest BCUT2D eigenvalue weighted by Gasteiger charge is -2.25. The zero-order valence-electron chi connectivity index (χ0n) is 17.5. The predicted octanol–water partition coefficient (Wildman–Crippen LogP) is 3.10. The third kappa shape index (κ3) is 5.66. The van der Waals surface area contributed by atoms with Gasteiger partial charge in [-0.3, -0.25) is 9.59 Å². The van der Waals surface area contributed by atoms with Gasteiger partial charge in [-0.05, 0) is 22.3 Å². The number of halogens is 2. The molecule has 0 heterocycles. The summed E-state index contributed by atoms with van der Waals surface area (Å²) in [5.41, 5.74) is 3.97. The van der Waals surface area contributed by atoms with E-state index < -0.39 is 49.9 Å². The van der Waals surface area contributed by atoms with Gasteiger partial charge in [-0.25, -0.2) is 13.6 Å². The minimum absolute atomic E-state index is 0.0708. The van der Waals surface area contributed by atoms with Crippen LogP contribution >= 0.6 is 0 Å². The van der Waals surface area contributed by atoms with E-state index in [9.17, 15) is 23.2 Å². The van der Waals surface area contributed by atoms with E-state index in [1.807, 2.05) is 48.5 Å². The Labute approximate surface area is 189 Å². The van der Waals surface area contributed by atoms with Gasteiger partial charge in [0.2, 0.25) is 12.3 Å². The molecule has 9 heteroatoms. The number of carbonyl (C=O) groups excluding carboxylic acids is 2. The van der Waals surface area contributed by atoms with Crippen LogP contribution in [0.1, 0.15) is 23.5 Å². The number of nitrogens with one attached hydrogen (secondary N) is 1. The molecule has 3 rings (SSSR count). The molecule has 0 bridgehead atoms. The Bertz CT molecular complexity index is 1040. The van der Waals surface area contributed by atoms with Gasteiger partial charge < -0.3 is 20.1 Å². The van der Waals surface area contributed by atoms with E-state index in [1.54, 1.807) is 0 Å². The molecule has 0 aliphatic heterocycles. The fourth-order valence-electron chi connectivity index (χ4n) is 3.89. The van der Waals surface area contributed by atoms with Crippen LogP contribution < -0.4 is 5.32 Å². The van der Waals surface area contributed by atoms with Crippen LogP contribution in [-0.4, -0.2) is 60.1 Å². The highest BCUT2D eigenvalue weighted by molar-refractivity contribution is 5.88. The first-order chi connectivity index (χ1) is 15.8. The van der Waals surface area contributed by atoms with Crippen LogP contribution in [0.15, 0.2) is 48.5 Å². The van der Waals surface area contributed by atoms with E-state index >= 15 is 0 Å². The maximum absolute atomic E-state index is 13.1. The fraction of sp³-hybridized carbons (Fsp3) is 0.292. The molecular weight excluding hydrogens is 434 g/mol. The van der Waals surface area contributed by atoms with E-state index in [4.69, 9.17) is 16.3 Å². The first-order valence-corrected chi connectivity index (χ1v) is 10.2. The number of nitrogens with zero attached hydrogens (tertiary/aromatic N) is 1. The summed E-state index contributed by atoms with van der Waals surface area (Å²) in [6, 6.07) is 13.7. The number of aliphatic carboxylic acids is 1. The topological polar surface area (TPSA) is 95.9 Å². The number of alkyl halides is 2. The van der Waals surface area contributed by atoms with Crippen LogP contribution in [0.5, 0.6) is 0 Å². The van der Waals surface area contributed by atoms with Crippen molar-refractivity contribution in [3.05, 3.63) is 59.7 Å². The molecule has 1 aliphatic carbocycles. The normalized spacial score (nSPS) is 12.9. The number of ether oxygens (including phenoxy) is 1. The molecule has 0 radical (unpaired) electrons. The Morgan fingerprint density at radius 3 is 2.18 bits per heavy atom. The van der Waals surface area contributed by atoms with Gasteiger partial charge in [0.15, 0.2) is 0 Å². The average molecular weight is 456 g/mol. The quantitative estimate of drug-likeness (QED) is 0.566. The molecule has 0 spiro atoms. The molecule has 2 aromatic carbocycles. The number of carbonyl (C=O) groups is 3. The number of carboxylic acids is 1. The molecule has 2 N–H and O–H groups in total. The molecule has 7 nitrogen and oxygen atoms in total. The Morgan fingerprint density at radius 1 is 1.09 bits per heavy atom. The zero-order chi connectivity index (χ0) is 24.0. The Hall–Kier alpha value is -3.93. The van der Waals surface area contributed by atoms with Crippen LogP contribution in [0.3, 0.4) is 0 Å². The predicted molar refractivity (Wildman–Crippen MR) is 116 cm³/mol. The summed E-state index contributed by atoms with van der Waals surface area (Å²) >= 11 is 0. The summed E-state index contributed by atoms with van der Waals surface area (Å²) in [4.78, 5) is 36.7. The lowest BCUT2D eigenvalue weighted by molar-refractivity contribution is -0.145. The van der Waals surface area contributed by atoms with Crippen molar-refractivity contribution >= 4 is 18.0 Å². The van der Waals surface area contributed by atoms with Crippen LogP contribution in [-0.2, 0) is 14.3 Å². The van der Waals surface area contributed by atoms with Gasteiger partial charge in [0, 0.05) is 12.3 Å². The van der Waals surface area contributed by atoms with Crippen molar-refractivity contribution in [1.82, 2.24) is 10.2 Å². The summed E-state index contributed by atoms with van der Waals surface area (Å²) in [5.74, 6) is -0.535. The Balaban J connectivity index is 1.70. The van der Waals surface area contributed by atoms with E-state index in [1.165, 1.54) is 0 Å². The van der Waals surface area contributed by atoms with E-state index in [2.05, 4.69) is 11.2 Å². The van der Waals surface area contributed by atoms with Crippen molar-refractivity contribution in [1.29, 1.82) is 0 Å². The highest BCUT2D eigenvalue weighted by atomic mass is 19.3. The lowest BCUT2D eigenvalue weighted by atomic mass is 9.98. The van der Waals surface area contributed by atoms with Crippen molar-refractivity contribution in [3.63, 3.8) is 0 Å². The molecule has 1 aliphatic rings. The van der Waals surface area contributed by atoms with Gasteiger partial charge in [0.1, 0.15) is 19.2 Å². The molecule has 2 amide bonds. The minimum Gasteiger partial charge on any atom is -0.480 e. The molecule has 0 fully saturated rings. The molecule has 0 saturated heterocycles. The molecule has 0 saturated carbocycles. The standard InChI is InChI=1S/C24H22F2N2O5/c1-2-11-28(13-22(29)30)23(31)20(12-21(25)26)27-24(32)33-14-19-17-9-5-3-7-15(17)16-8-4-6-10-18(16)19/h1,3-10,19-21H,11-14H2,(H,27,32)(H,29,30). The molecule has 33 heavy (non-hydrogen) atoms. The third-order valence-corrected chi connectivity index (χ3v) is 5.27. The second-order valence-corrected chi connectivity index (χ2v) is 7.44. The van der Waals surface area contributed by atoms with Gasteiger partial charge >= 0.3 is 12.1 Å². The lowest BCUT2D eigenvalue weighted by Crippen LogP contribution is -2.51. The summed E-state index contributed by atoms with van der Waals surface area (Å²) in [5, 5.41) is 11.1. The van der Waals surface area contributed by atoms with Gasteiger partial charge in [-0.1, -0.05) is 54.5 Å².